The lowest BCUT2D eigenvalue weighted by molar-refractivity contribution is -0.143. The number of carbonyl (C=O) groups is 1. The summed E-state index contributed by atoms with van der Waals surface area (Å²) in [6.45, 7) is 6.89. The first kappa shape index (κ1) is 22.5. The van der Waals surface area contributed by atoms with Crippen LogP contribution in [0.5, 0.6) is 5.75 Å². The van der Waals surface area contributed by atoms with Crippen molar-refractivity contribution < 1.29 is 23.4 Å². The van der Waals surface area contributed by atoms with E-state index in [9.17, 15) is 18.7 Å². The van der Waals surface area contributed by atoms with Crippen molar-refractivity contribution in [3.8, 4) is 5.75 Å². The van der Waals surface area contributed by atoms with Gasteiger partial charge in [-0.15, -0.1) is 0 Å². The Labute approximate surface area is 183 Å². The third-order valence-electron chi connectivity index (χ3n) is 7.40. The molecule has 0 aromatic heterocycles. The molecule has 4 rings (SSSR count). The lowest BCUT2D eigenvalue weighted by Gasteiger charge is -2.45. The van der Waals surface area contributed by atoms with Crippen molar-refractivity contribution in [1.82, 2.24) is 10.2 Å². The van der Waals surface area contributed by atoms with Gasteiger partial charge in [0.05, 0.1) is 18.6 Å². The van der Waals surface area contributed by atoms with Gasteiger partial charge in [-0.25, -0.2) is 8.78 Å². The molecule has 0 bridgehead atoms. The first-order chi connectivity index (χ1) is 14.7. The predicted molar refractivity (Wildman–Crippen MR) is 114 cm³/mol. The maximum Gasteiger partial charge on any atom is 0.227 e. The molecule has 1 saturated carbocycles. The Morgan fingerprint density at radius 2 is 1.87 bits per heavy atom. The minimum atomic E-state index is -0.861. The lowest BCUT2D eigenvalue weighted by Crippen LogP contribution is -2.58. The van der Waals surface area contributed by atoms with Crippen LogP contribution in [0.1, 0.15) is 45.1 Å². The molecule has 2 N–H and O–H groups in total. The largest absolute Gasteiger partial charge is 0.493 e. The molecule has 5 nitrogen and oxygen atoms in total. The van der Waals surface area contributed by atoms with Crippen LogP contribution in [0.15, 0.2) is 12.1 Å². The van der Waals surface area contributed by atoms with Gasteiger partial charge in [0.15, 0.2) is 0 Å². The van der Waals surface area contributed by atoms with Crippen LogP contribution in [0.2, 0.25) is 0 Å². The lowest BCUT2D eigenvalue weighted by atomic mass is 9.84. The Morgan fingerprint density at radius 3 is 2.48 bits per heavy atom. The summed E-state index contributed by atoms with van der Waals surface area (Å²) >= 11 is 0. The number of nitrogens with one attached hydrogen (secondary N) is 1. The second-order valence-corrected chi connectivity index (χ2v) is 10.1. The number of piperidine rings is 1. The normalized spacial score (nSPS) is 24.7. The van der Waals surface area contributed by atoms with Crippen LogP contribution in [0.4, 0.5) is 8.78 Å². The van der Waals surface area contributed by atoms with Gasteiger partial charge >= 0.3 is 0 Å². The number of halogens is 2. The molecule has 2 saturated heterocycles. The number of carbonyl (C=O) groups excluding carboxylic acids is 1. The van der Waals surface area contributed by atoms with E-state index in [0.29, 0.717) is 25.6 Å². The van der Waals surface area contributed by atoms with Crippen LogP contribution >= 0.6 is 0 Å². The Balaban J connectivity index is 1.23. The molecular weight excluding hydrogens is 402 g/mol. The number of amides is 1. The highest BCUT2D eigenvalue weighted by molar-refractivity contribution is 5.79. The topological polar surface area (TPSA) is 61.8 Å². The monoisotopic (exact) mass is 436 g/mol. The highest BCUT2D eigenvalue weighted by atomic mass is 19.1. The standard InChI is InChI=1S/C24H34F2N2O3/c1-24(2,30)17-13-28(14-17)23(29)12-20-21(25)10-18(11-22(20)26)31-8-5-16-9-19(16)15-3-6-27-7-4-15/h10-11,15-17,19,27,30H,3-9,12-14H2,1-2H3. The number of benzene rings is 1. The summed E-state index contributed by atoms with van der Waals surface area (Å²) < 4.78 is 34.6. The summed E-state index contributed by atoms with van der Waals surface area (Å²) in [7, 11) is 0. The molecule has 3 fully saturated rings. The molecule has 2 heterocycles. The molecule has 0 spiro atoms. The zero-order chi connectivity index (χ0) is 22.2. The minimum absolute atomic E-state index is 0.0113. The fourth-order valence-electron chi connectivity index (χ4n) is 5.00. The predicted octanol–water partition coefficient (Wildman–Crippen LogP) is 3.14. The number of hydrogen-bond acceptors (Lipinski definition) is 4. The Morgan fingerprint density at radius 1 is 1.23 bits per heavy atom. The fourth-order valence-corrected chi connectivity index (χ4v) is 5.00. The van der Waals surface area contributed by atoms with Crippen molar-refractivity contribution >= 4 is 5.91 Å². The van der Waals surface area contributed by atoms with Crippen LogP contribution in [-0.4, -0.2) is 54.3 Å². The van der Waals surface area contributed by atoms with Gasteiger partial charge in [0.1, 0.15) is 17.4 Å². The van der Waals surface area contributed by atoms with E-state index in [1.165, 1.54) is 36.3 Å². The van der Waals surface area contributed by atoms with Crippen LogP contribution in [0.25, 0.3) is 0 Å². The summed E-state index contributed by atoms with van der Waals surface area (Å²) in [5, 5.41) is 13.4. The van der Waals surface area contributed by atoms with Gasteiger partial charge < -0.3 is 20.1 Å². The zero-order valence-corrected chi connectivity index (χ0v) is 18.5. The number of likely N-dealkylation sites (tertiary alicyclic amines) is 1. The van der Waals surface area contributed by atoms with Crippen molar-refractivity contribution in [2.75, 3.05) is 32.8 Å². The van der Waals surface area contributed by atoms with Gasteiger partial charge in [-0.1, -0.05) is 0 Å². The van der Waals surface area contributed by atoms with E-state index in [2.05, 4.69) is 5.32 Å². The molecule has 1 aromatic rings. The summed E-state index contributed by atoms with van der Waals surface area (Å²) in [4.78, 5) is 13.9. The van der Waals surface area contributed by atoms with Crippen molar-refractivity contribution in [2.45, 2.75) is 51.6 Å². The molecule has 7 heteroatoms. The average Bonchev–Trinajstić information content (AvgIpc) is 3.43. The second kappa shape index (κ2) is 9.02. The maximum absolute atomic E-state index is 14.5. The van der Waals surface area contributed by atoms with Gasteiger partial charge in [-0.3, -0.25) is 4.79 Å². The zero-order valence-electron chi connectivity index (χ0n) is 18.5. The Kier molecular flexibility index (Phi) is 6.54. The van der Waals surface area contributed by atoms with Crippen LogP contribution in [-0.2, 0) is 11.2 Å². The minimum Gasteiger partial charge on any atom is -0.493 e. The van der Waals surface area contributed by atoms with Gasteiger partial charge in [-0.05, 0) is 70.4 Å². The van der Waals surface area contributed by atoms with E-state index >= 15 is 0 Å². The van der Waals surface area contributed by atoms with Crippen molar-refractivity contribution in [2.24, 2.45) is 23.7 Å². The third kappa shape index (κ3) is 5.37. The molecule has 1 aliphatic carbocycles. The van der Waals surface area contributed by atoms with Gasteiger partial charge in [0.2, 0.25) is 5.91 Å². The number of hydrogen-bond donors (Lipinski definition) is 2. The Hall–Kier alpha value is -1.73. The molecule has 3 aliphatic rings. The van der Waals surface area contributed by atoms with Crippen molar-refractivity contribution in [3.63, 3.8) is 0 Å². The van der Waals surface area contributed by atoms with Gasteiger partial charge in [0, 0.05) is 36.7 Å². The van der Waals surface area contributed by atoms with Gasteiger partial charge in [-0.2, -0.15) is 0 Å². The highest BCUT2D eigenvalue weighted by Crippen LogP contribution is 2.49. The summed E-state index contributed by atoms with van der Waals surface area (Å²) in [5.74, 6) is 0.597. The number of ether oxygens (including phenoxy) is 1. The maximum atomic E-state index is 14.5. The van der Waals surface area contributed by atoms with E-state index in [4.69, 9.17) is 4.74 Å². The summed E-state index contributed by atoms with van der Waals surface area (Å²) in [6, 6.07) is 2.36. The molecule has 1 aromatic carbocycles. The molecule has 31 heavy (non-hydrogen) atoms. The molecule has 2 unspecified atom stereocenters. The molecule has 2 atom stereocenters. The van der Waals surface area contributed by atoms with Crippen molar-refractivity contribution in [3.05, 3.63) is 29.3 Å². The highest BCUT2D eigenvalue weighted by Gasteiger charge is 2.42. The first-order valence-electron chi connectivity index (χ1n) is 11.5. The summed E-state index contributed by atoms with van der Waals surface area (Å²) in [6.07, 6.45) is 4.32. The van der Waals surface area contributed by atoms with E-state index in [1.54, 1.807) is 13.8 Å². The van der Waals surface area contributed by atoms with E-state index in [-0.39, 0.29) is 29.6 Å². The molecular formula is C24H34F2N2O3. The van der Waals surface area contributed by atoms with E-state index in [0.717, 1.165) is 31.3 Å². The third-order valence-corrected chi connectivity index (χ3v) is 7.40. The summed E-state index contributed by atoms with van der Waals surface area (Å²) in [5.41, 5.74) is -1.09. The molecule has 2 aliphatic heterocycles. The second-order valence-electron chi connectivity index (χ2n) is 10.1. The smallest absolute Gasteiger partial charge is 0.227 e. The van der Waals surface area contributed by atoms with E-state index < -0.39 is 17.2 Å². The number of aliphatic hydroxyl groups is 1. The van der Waals surface area contributed by atoms with E-state index in [1.807, 2.05) is 0 Å². The average molecular weight is 437 g/mol. The quantitative estimate of drug-likeness (QED) is 0.657. The fraction of sp³-hybridized carbons (Fsp3) is 0.708. The number of rotatable bonds is 8. The molecule has 1 amide bonds. The Bertz CT molecular complexity index is 775. The number of nitrogens with zero attached hydrogens (tertiary/aromatic N) is 1. The van der Waals surface area contributed by atoms with Crippen LogP contribution in [0.3, 0.4) is 0 Å². The van der Waals surface area contributed by atoms with Crippen molar-refractivity contribution in [1.29, 1.82) is 0 Å². The molecule has 0 radical (unpaired) electrons. The molecule has 172 valence electrons. The SMILES string of the molecule is CC(C)(O)C1CN(C(=O)Cc2c(F)cc(OCCC3CC3C3CCNCC3)cc2F)C1. The van der Waals surface area contributed by atoms with Crippen LogP contribution in [0, 0.1) is 35.3 Å². The first-order valence-corrected chi connectivity index (χ1v) is 11.5. The van der Waals surface area contributed by atoms with Gasteiger partial charge in [0.25, 0.3) is 0 Å². The van der Waals surface area contributed by atoms with Crippen LogP contribution < -0.4 is 10.1 Å².